The van der Waals surface area contributed by atoms with Crippen molar-refractivity contribution in [1.29, 1.82) is 0 Å². The Morgan fingerprint density at radius 1 is 1.30 bits per heavy atom. The van der Waals surface area contributed by atoms with Crippen LogP contribution in [0.15, 0.2) is 30.5 Å². The van der Waals surface area contributed by atoms with Crippen molar-refractivity contribution in [1.82, 2.24) is 4.98 Å². The molecule has 0 aliphatic rings. The molecule has 1 aromatic carbocycles. The highest BCUT2D eigenvalue weighted by Crippen LogP contribution is 2.26. The van der Waals surface area contributed by atoms with Gasteiger partial charge in [0.05, 0.1) is 23.4 Å². The summed E-state index contributed by atoms with van der Waals surface area (Å²) in [6, 6.07) is 7.20. The van der Waals surface area contributed by atoms with Gasteiger partial charge in [-0.3, -0.25) is 9.78 Å². The maximum atomic E-state index is 12.2. The van der Waals surface area contributed by atoms with Gasteiger partial charge in [-0.2, -0.15) is 0 Å². The van der Waals surface area contributed by atoms with E-state index in [-0.39, 0.29) is 5.91 Å². The van der Waals surface area contributed by atoms with Crippen LogP contribution in [0.5, 0.6) is 5.75 Å². The van der Waals surface area contributed by atoms with Crippen LogP contribution in [0.25, 0.3) is 0 Å². The van der Waals surface area contributed by atoms with E-state index in [0.29, 0.717) is 22.0 Å². The maximum Gasteiger partial charge on any atom is 0.258 e. The standard InChI is InChI=1S/C15H15ClN2O2/c1-9-4-5-13(14(6-9)20-3)18-15(19)11-8-17-10(2)7-12(11)16/h4-8H,1-3H3,(H,18,19). The minimum Gasteiger partial charge on any atom is -0.495 e. The van der Waals surface area contributed by atoms with Gasteiger partial charge in [-0.05, 0) is 37.6 Å². The molecule has 0 radical (unpaired) electrons. The first kappa shape index (κ1) is 14.3. The van der Waals surface area contributed by atoms with Crippen molar-refractivity contribution in [2.75, 3.05) is 12.4 Å². The summed E-state index contributed by atoms with van der Waals surface area (Å²) in [5.74, 6) is 0.291. The summed E-state index contributed by atoms with van der Waals surface area (Å²) < 4.78 is 5.25. The Hall–Kier alpha value is -2.07. The highest BCUT2D eigenvalue weighted by Gasteiger charge is 2.13. The molecule has 0 aliphatic carbocycles. The zero-order valence-corrected chi connectivity index (χ0v) is 12.3. The summed E-state index contributed by atoms with van der Waals surface area (Å²) in [6.07, 6.45) is 1.47. The third-order valence-electron chi connectivity index (χ3n) is 2.84. The average Bonchev–Trinajstić information content (AvgIpc) is 2.40. The molecule has 0 atom stereocenters. The van der Waals surface area contributed by atoms with Crippen LogP contribution >= 0.6 is 11.6 Å². The molecule has 1 amide bonds. The van der Waals surface area contributed by atoms with Crippen LogP contribution in [-0.4, -0.2) is 18.0 Å². The molecule has 1 aromatic heterocycles. The van der Waals surface area contributed by atoms with Gasteiger partial charge in [0.1, 0.15) is 5.75 Å². The lowest BCUT2D eigenvalue weighted by molar-refractivity contribution is 0.102. The second-order valence-corrected chi connectivity index (χ2v) is 4.87. The average molecular weight is 291 g/mol. The van der Waals surface area contributed by atoms with E-state index < -0.39 is 0 Å². The number of ether oxygens (including phenoxy) is 1. The quantitative estimate of drug-likeness (QED) is 0.939. The molecule has 0 bridgehead atoms. The Kier molecular flexibility index (Phi) is 4.25. The third-order valence-corrected chi connectivity index (χ3v) is 3.15. The van der Waals surface area contributed by atoms with Gasteiger partial charge in [0.15, 0.2) is 0 Å². The van der Waals surface area contributed by atoms with Crippen molar-refractivity contribution in [3.63, 3.8) is 0 Å². The molecule has 0 unspecified atom stereocenters. The maximum absolute atomic E-state index is 12.2. The van der Waals surface area contributed by atoms with Gasteiger partial charge in [0, 0.05) is 11.9 Å². The topological polar surface area (TPSA) is 51.2 Å². The van der Waals surface area contributed by atoms with E-state index in [4.69, 9.17) is 16.3 Å². The monoisotopic (exact) mass is 290 g/mol. The van der Waals surface area contributed by atoms with Gasteiger partial charge < -0.3 is 10.1 Å². The number of halogens is 1. The number of nitrogens with one attached hydrogen (secondary N) is 1. The Labute approximate surface area is 122 Å². The number of nitrogens with zero attached hydrogens (tertiary/aromatic N) is 1. The van der Waals surface area contributed by atoms with Crippen LogP contribution < -0.4 is 10.1 Å². The summed E-state index contributed by atoms with van der Waals surface area (Å²) in [5, 5.41) is 3.15. The second-order valence-electron chi connectivity index (χ2n) is 4.46. The van der Waals surface area contributed by atoms with Gasteiger partial charge in [0.25, 0.3) is 5.91 Å². The van der Waals surface area contributed by atoms with E-state index in [9.17, 15) is 4.79 Å². The molecule has 20 heavy (non-hydrogen) atoms. The fourth-order valence-corrected chi connectivity index (χ4v) is 2.08. The predicted molar refractivity (Wildman–Crippen MR) is 79.7 cm³/mol. The molecular formula is C15H15ClN2O2. The minimum atomic E-state index is -0.315. The summed E-state index contributed by atoms with van der Waals surface area (Å²) in [7, 11) is 1.56. The Morgan fingerprint density at radius 3 is 2.70 bits per heavy atom. The number of rotatable bonds is 3. The number of aromatic nitrogens is 1. The van der Waals surface area contributed by atoms with E-state index >= 15 is 0 Å². The highest BCUT2D eigenvalue weighted by molar-refractivity contribution is 6.34. The number of pyridine rings is 1. The van der Waals surface area contributed by atoms with Gasteiger partial charge in [-0.15, -0.1) is 0 Å². The molecule has 0 saturated heterocycles. The summed E-state index contributed by atoms with van der Waals surface area (Å²) in [5.41, 5.74) is 2.74. The zero-order chi connectivity index (χ0) is 14.7. The number of amides is 1. The first-order valence-corrected chi connectivity index (χ1v) is 6.47. The third kappa shape index (κ3) is 3.08. The van der Waals surface area contributed by atoms with Gasteiger partial charge in [-0.25, -0.2) is 0 Å². The van der Waals surface area contributed by atoms with E-state index in [1.54, 1.807) is 19.2 Å². The molecule has 4 nitrogen and oxygen atoms in total. The number of hydrogen-bond acceptors (Lipinski definition) is 3. The first-order valence-electron chi connectivity index (χ1n) is 6.09. The van der Waals surface area contributed by atoms with Crippen molar-refractivity contribution >= 4 is 23.2 Å². The molecule has 2 rings (SSSR count). The molecule has 1 heterocycles. The minimum absolute atomic E-state index is 0.315. The van der Waals surface area contributed by atoms with Gasteiger partial charge >= 0.3 is 0 Å². The van der Waals surface area contributed by atoms with Crippen LogP contribution in [-0.2, 0) is 0 Å². The largest absolute Gasteiger partial charge is 0.495 e. The molecular weight excluding hydrogens is 276 g/mol. The number of methoxy groups -OCH3 is 1. The fourth-order valence-electron chi connectivity index (χ4n) is 1.78. The number of carbonyl (C=O) groups is 1. The van der Waals surface area contributed by atoms with Crippen molar-refractivity contribution < 1.29 is 9.53 Å². The highest BCUT2D eigenvalue weighted by atomic mass is 35.5. The number of benzene rings is 1. The van der Waals surface area contributed by atoms with Crippen LogP contribution in [0.2, 0.25) is 5.02 Å². The number of hydrogen-bond donors (Lipinski definition) is 1. The van der Waals surface area contributed by atoms with Crippen molar-refractivity contribution in [3.8, 4) is 5.75 Å². The lowest BCUT2D eigenvalue weighted by atomic mass is 10.2. The molecule has 0 saturated carbocycles. The Balaban J connectivity index is 2.28. The van der Waals surface area contributed by atoms with E-state index in [2.05, 4.69) is 10.3 Å². The predicted octanol–water partition coefficient (Wildman–Crippen LogP) is 3.61. The first-order chi connectivity index (χ1) is 9.51. The Bertz CT molecular complexity index is 656. The molecule has 0 aliphatic heterocycles. The SMILES string of the molecule is COc1cc(C)ccc1NC(=O)c1cnc(C)cc1Cl. The molecule has 5 heteroatoms. The normalized spacial score (nSPS) is 10.2. The van der Waals surface area contributed by atoms with Crippen molar-refractivity contribution in [2.24, 2.45) is 0 Å². The van der Waals surface area contributed by atoms with Gasteiger partial charge in [-0.1, -0.05) is 17.7 Å². The van der Waals surface area contributed by atoms with Crippen LogP contribution in [0.3, 0.4) is 0 Å². The molecule has 1 N–H and O–H groups in total. The molecule has 0 fully saturated rings. The summed E-state index contributed by atoms with van der Waals surface area (Å²) >= 11 is 6.06. The van der Waals surface area contributed by atoms with Crippen molar-refractivity contribution in [2.45, 2.75) is 13.8 Å². The van der Waals surface area contributed by atoms with Crippen LogP contribution in [0.4, 0.5) is 5.69 Å². The number of carbonyl (C=O) groups excluding carboxylic acids is 1. The number of aryl methyl sites for hydroxylation is 2. The summed E-state index contributed by atoms with van der Waals surface area (Å²) in [6.45, 7) is 3.77. The second kappa shape index (κ2) is 5.92. The van der Waals surface area contributed by atoms with Crippen molar-refractivity contribution in [3.05, 3.63) is 52.3 Å². The summed E-state index contributed by atoms with van der Waals surface area (Å²) in [4.78, 5) is 16.3. The lowest BCUT2D eigenvalue weighted by Gasteiger charge is -2.11. The molecule has 104 valence electrons. The lowest BCUT2D eigenvalue weighted by Crippen LogP contribution is -2.13. The van der Waals surface area contributed by atoms with E-state index in [1.807, 2.05) is 26.0 Å². The Morgan fingerprint density at radius 2 is 2.05 bits per heavy atom. The number of anilines is 1. The zero-order valence-electron chi connectivity index (χ0n) is 11.5. The van der Waals surface area contributed by atoms with Crippen LogP contribution in [0, 0.1) is 13.8 Å². The smallest absolute Gasteiger partial charge is 0.258 e. The fraction of sp³-hybridized carbons (Fsp3) is 0.200. The van der Waals surface area contributed by atoms with Crippen LogP contribution in [0.1, 0.15) is 21.6 Å². The van der Waals surface area contributed by atoms with E-state index in [1.165, 1.54) is 6.20 Å². The molecule has 2 aromatic rings. The molecule has 0 spiro atoms. The van der Waals surface area contributed by atoms with Gasteiger partial charge in [0.2, 0.25) is 0 Å². The van der Waals surface area contributed by atoms with E-state index in [0.717, 1.165) is 11.3 Å².